The van der Waals surface area contributed by atoms with Crippen LogP contribution in [0.15, 0.2) is 6.07 Å². The molecule has 2 unspecified atom stereocenters. The third-order valence-electron chi connectivity index (χ3n) is 4.03. The number of piperidine rings is 1. The van der Waals surface area contributed by atoms with Crippen molar-refractivity contribution < 1.29 is 4.74 Å². The van der Waals surface area contributed by atoms with Crippen molar-refractivity contribution in [1.29, 1.82) is 0 Å². The van der Waals surface area contributed by atoms with Crippen LogP contribution in [0.25, 0.3) is 0 Å². The van der Waals surface area contributed by atoms with E-state index < -0.39 is 0 Å². The van der Waals surface area contributed by atoms with E-state index in [1.54, 1.807) is 7.11 Å². The number of hydrogen-bond acceptors (Lipinski definition) is 6. The average Bonchev–Trinajstić information content (AvgIpc) is 2.47. The van der Waals surface area contributed by atoms with Gasteiger partial charge in [-0.2, -0.15) is 0 Å². The molecule has 0 aliphatic carbocycles. The van der Waals surface area contributed by atoms with Crippen molar-refractivity contribution in [1.82, 2.24) is 9.97 Å². The summed E-state index contributed by atoms with van der Waals surface area (Å²) in [6, 6.07) is 2.40. The molecule has 20 heavy (non-hydrogen) atoms. The zero-order chi connectivity index (χ0) is 14.5. The Morgan fingerprint density at radius 1 is 1.45 bits per heavy atom. The van der Waals surface area contributed by atoms with E-state index in [2.05, 4.69) is 34.1 Å². The molecular formula is C14H25N5O. The molecule has 6 heteroatoms. The third kappa shape index (κ3) is 3.37. The number of nitrogens with two attached hydrogens (primary N) is 1. The lowest BCUT2D eigenvalue weighted by Crippen LogP contribution is -2.42. The van der Waals surface area contributed by atoms with Gasteiger partial charge in [-0.25, -0.2) is 15.8 Å². The second-order valence-electron chi connectivity index (χ2n) is 5.46. The fourth-order valence-corrected chi connectivity index (χ4v) is 2.73. The molecule has 0 bridgehead atoms. The SMILES string of the molecule is CCC1CCC(C)N(c2cc(NN)nc(COC)n2)C1. The Balaban J connectivity index is 2.26. The fraction of sp³-hybridized carbons (Fsp3) is 0.714. The van der Waals surface area contributed by atoms with Crippen molar-refractivity contribution in [2.45, 2.75) is 45.8 Å². The minimum Gasteiger partial charge on any atom is -0.377 e. The lowest BCUT2D eigenvalue weighted by molar-refractivity contribution is 0.178. The maximum atomic E-state index is 5.50. The Kier molecular flexibility index (Phi) is 5.14. The summed E-state index contributed by atoms with van der Waals surface area (Å²) in [5.41, 5.74) is 2.61. The predicted molar refractivity (Wildman–Crippen MR) is 80.4 cm³/mol. The van der Waals surface area contributed by atoms with Gasteiger partial charge in [-0.3, -0.25) is 0 Å². The molecule has 112 valence electrons. The van der Waals surface area contributed by atoms with Crippen molar-refractivity contribution in [3.8, 4) is 0 Å². The number of hydrogen-bond donors (Lipinski definition) is 2. The lowest BCUT2D eigenvalue weighted by atomic mass is 9.91. The molecule has 3 N–H and O–H groups in total. The van der Waals surface area contributed by atoms with Gasteiger partial charge in [0.25, 0.3) is 0 Å². The van der Waals surface area contributed by atoms with Crippen molar-refractivity contribution >= 4 is 11.6 Å². The molecule has 0 spiro atoms. The number of nitrogen functional groups attached to an aromatic ring is 1. The number of nitrogens with one attached hydrogen (secondary N) is 1. The van der Waals surface area contributed by atoms with Crippen LogP contribution >= 0.6 is 0 Å². The molecule has 2 atom stereocenters. The molecule has 2 rings (SSSR count). The highest BCUT2D eigenvalue weighted by Gasteiger charge is 2.26. The first-order chi connectivity index (χ1) is 9.67. The van der Waals surface area contributed by atoms with Gasteiger partial charge >= 0.3 is 0 Å². The zero-order valence-corrected chi connectivity index (χ0v) is 12.6. The molecule has 1 aromatic heterocycles. The van der Waals surface area contributed by atoms with Gasteiger partial charge < -0.3 is 15.1 Å². The summed E-state index contributed by atoms with van der Waals surface area (Å²) >= 11 is 0. The number of rotatable bonds is 5. The largest absolute Gasteiger partial charge is 0.377 e. The third-order valence-corrected chi connectivity index (χ3v) is 4.03. The Labute approximate surface area is 120 Å². The molecule has 1 aliphatic rings. The van der Waals surface area contributed by atoms with E-state index >= 15 is 0 Å². The summed E-state index contributed by atoms with van der Waals surface area (Å²) in [6.45, 7) is 5.94. The predicted octanol–water partition coefficient (Wildman–Crippen LogP) is 1.92. The van der Waals surface area contributed by atoms with Crippen LogP contribution in [0.5, 0.6) is 0 Å². The Morgan fingerprint density at radius 2 is 2.25 bits per heavy atom. The number of aromatic nitrogens is 2. The quantitative estimate of drug-likeness (QED) is 0.633. The van der Waals surface area contributed by atoms with E-state index in [4.69, 9.17) is 10.6 Å². The smallest absolute Gasteiger partial charge is 0.158 e. The molecule has 0 saturated carbocycles. The van der Waals surface area contributed by atoms with Crippen LogP contribution in [0.2, 0.25) is 0 Å². The van der Waals surface area contributed by atoms with E-state index in [1.807, 2.05) is 6.07 Å². The normalized spacial score (nSPS) is 22.9. The lowest BCUT2D eigenvalue weighted by Gasteiger charge is -2.38. The van der Waals surface area contributed by atoms with Crippen LogP contribution in [0, 0.1) is 5.92 Å². The molecule has 1 aliphatic heterocycles. The molecule has 0 radical (unpaired) electrons. The number of nitrogens with zero attached hydrogens (tertiary/aromatic N) is 3. The first-order valence-electron chi connectivity index (χ1n) is 7.28. The zero-order valence-electron chi connectivity index (χ0n) is 12.6. The minimum atomic E-state index is 0.391. The molecule has 2 heterocycles. The first-order valence-corrected chi connectivity index (χ1v) is 7.28. The average molecular weight is 279 g/mol. The van der Waals surface area contributed by atoms with Gasteiger partial charge in [0.1, 0.15) is 18.2 Å². The standard InChI is InChI=1S/C14H25N5O/c1-4-11-6-5-10(2)19(8-11)14-7-12(18-15)16-13(17-14)9-20-3/h7,10-11H,4-6,8-9,15H2,1-3H3,(H,16,17,18). The highest BCUT2D eigenvalue weighted by Crippen LogP contribution is 2.28. The molecule has 0 amide bonds. The van der Waals surface area contributed by atoms with Gasteiger partial charge in [-0.15, -0.1) is 0 Å². The van der Waals surface area contributed by atoms with E-state index in [1.165, 1.54) is 19.3 Å². The number of ether oxygens (including phenoxy) is 1. The number of methoxy groups -OCH3 is 1. The van der Waals surface area contributed by atoms with Crippen molar-refractivity contribution in [2.24, 2.45) is 11.8 Å². The van der Waals surface area contributed by atoms with E-state index in [0.717, 1.165) is 18.3 Å². The van der Waals surface area contributed by atoms with Crippen LogP contribution in [0.1, 0.15) is 38.9 Å². The van der Waals surface area contributed by atoms with E-state index in [-0.39, 0.29) is 0 Å². The monoisotopic (exact) mass is 279 g/mol. The molecule has 6 nitrogen and oxygen atoms in total. The number of hydrazine groups is 1. The fourth-order valence-electron chi connectivity index (χ4n) is 2.73. The highest BCUT2D eigenvalue weighted by atomic mass is 16.5. The Morgan fingerprint density at radius 3 is 2.90 bits per heavy atom. The summed E-state index contributed by atoms with van der Waals surface area (Å²) in [6.07, 6.45) is 3.71. The Hall–Kier alpha value is -1.40. The van der Waals surface area contributed by atoms with Crippen LogP contribution in [-0.4, -0.2) is 29.7 Å². The molecule has 1 fully saturated rings. The second-order valence-corrected chi connectivity index (χ2v) is 5.46. The van der Waals surface area contributed by atoms with Gasteiger partial charge in [0, 0.05) is 25.8 Å². The van der Waals surface area contributed by atoms with Gasteiger partial charge in [0.05, 0.1) is 0 Å². The summed E-state index contributed by atoms with van der Waals surface area (Å²) in [5, 5.41) is 0. The van der Waals surface area contributed by atoms with E-state index in [9.17, 15) is 0 Å². The van der Waals surface area contributed by atoms with Crippen molar-refractivity contribution in [3.63, 3.8) is 0 Å². The van der Waals surface area contributed by atoms with Gasteiger partial charge in [-0.05, 0) is 25.7 Å². The summed E-state index contributed by atoms with van der Waals surface area (Å²) in [4.78, 5) is 11.3. The number of anilines is 2. The second kappa shape index (κ2) is 6.85. The summed E-state index contributed by atoms with van der Waals surface area (Å²) < 4.78 is 5.13. The van der Waals surface area contributed by atoms with Crippen molar-refractivity contribution in [2.75, 3.05) is 24.0 Å². The minimum absolute atomic E-state index is 0.391. The first kappa shape index (κ1) is 15.0. The Bertz CT molecular complexity index is 440. The highest BCUT2D eigenvalue weighted by molar-refractivity contribution is 5.49. The molecule has 1 aromatic rings. The maximum absolute atomic E-state index is 5.50. The molecular weight excluding hydrogens is 254 g/mol. The summed E-state index contributed by atoms with van der Waals surface area (Å²) in [7, 11) is 1.64. The topological polar surface area (TPSA) is 76.3 Å². The maximum Gasteiger partial charge on any atom is 0.158 e. The van der Waals surface area contributed by atoms with Gasteiger partial charge in [0.15, 0.2) is 5.82 Å². The van der Waals surface area contributed by atoms with Crippen LogP contribution in [-0.2, 0) is 11.3 Å². The van der Waals surface area contributed by atoms with Crippen LogP contribution < -0.4 is 16.2 Å². The molecule has 0 aromatic carbocycles. The van der Waals surface area contributed by atoms with Crippen LogP contribution in [0.4, 0.5) is 11.6 Å². The van der Waals surface area contributed by atoms with Gasteiger partial charge in [0.2, 0.25) is 0 Å². The molecule has 1 saturated heterocycles. The summed E-state index contributed by atoms with van der Waals surface area (Å²) in [5.74, 6) is 8.46. The van der Waals surface area contributed by atoms with Crippen molar-refractivity contribution in [3.05, 3.63) is 11.9 Å². The van der Waals surface area contributed by atoms with Crippen LogP contribution in [0.3, 0.4) is 0 Å². The van der Waals surface area contributed by atoms with E-state index in [0.29, 0.717) is 24.3 Å². The van der Waals surface area contributed by atoms with Gasteiger partial charge in [-0.1, -0.05) is 13.3 Å².